The van der Waals surface area contributed by atoms with Gasteiger partial charge in [0.15, 0.2) is 0 Å². The van der Waals surface area contributed by atoms with E-state index in [-0.39, 0.29) is 4.90 Å². The lowest BCUT2D eigenvalue weighted by Gasteiger charge is -2.06. The fraction of sp³-hybridized carbons (Fsp3) is 0. The van der Waals surface area contributed by atoms with Gasteiger partial charge in [-0.3, -0.25) is 5.84 Å². The van der Waals surface area contributed by atoms with Crippen LogP contribution in [0.1, 0.15) is 0 Å². The van der Waals surface area contributed by atoms with Crippen molar-refractivity contribution in [1.29, 1.82) is 0 Å². The maximum atomic E-state index is 11.3. The van der Waals surface area contributed by atoms with E-state index in [4.69, 9.17) is 5.84 Å². The lowest BCUT2D eigenvalue weighted by molar-refractivity contribution is 0.583. The van der Waals surface area contributed by atoms with Crippen LogP contribution in [-0.2, 0) is 10.0 Å². The Morgan fingerprint density at radius 2 is 1.69 bits per heavy atom. The second-order valence-electron chi connectivity index (χ2n) is 2.17. The average molecular weight is 330 g/mol. The summed E-state index contributed by atoms with van der Waals surface area (Å²) in [5.41, 5.74) is 0. The Morgan fingerprint density at radius 3 is 2.08 bits per heavy atom. The third-order valence-corrected chi connectivity index (χ3v) is 4.48. The van der Waals surface area contributed by atoms with E-state index < -0.39 is 10.0 Å². The molecule has 1 aromatic carbocycles. The van der Waals surface area contributed by atoms with E-state index in [9.17, 15) is 8.42 Å². The molecule has 0 fully saturated rings. The molecule has 72 valence electrons. The monoisotopic (exact) mass is 328 g/mol. The zero-order chi connectivity index (χ0) is 10.1. The molecule has 1 aromatic rings. The number of hydrazine groups is 1. The Labute approximate surface area is 92.8 Å². The number of nitrogens with one attached hydrogen (secondary N) is 1. The van der Waals surface area contributed by atoms with Gasteiger partial charge in [-0.2, -0.15) is 0 Å². The van der Waals surface area contributed by atoms with Gasteiger partial charge in [0, 0.05) is 8.95 Å². The molecule has 0 amide bonds. The Balaban J connectivity index is 3.46. The van der Waals surface area contributed by atoms with Crippen LogP contribution in [-0.4, -0.2) is 8.42 Å². The molecule has 4 nitrogen and oxygen atoms in total. The van der Waals surface area contributed by atoms with Crippen molar-refractivity contribution in [2.24, 2.45) is 5.84 Å². The van der Waals surface area contributed by atoms with E-state index in [0.29, 0.717) is 8.95 Å². The van der Waals surface area contributed by atoms with Crippen LogP contribution in [0.15, 0.2) is 32.0 Å². The smallest absolute Gasteiger partial charge is 0.255 e. The largest absolute Gasteiger partial charge is 0.257 e. The van der Waals surface area contributed by atoms with Gasteiger partial charge in [0.1, 0.15) is 4.90 Å². The summed E-state index contributed by atoms with van der Waals surface area (Å²) in [5, 5.41) is 0. The third kappa shape index (κ3) is 2.29. The van der Waals surface area contributed by atoms with E-state index in [1.807, 2.05) is 0 Å². The van der Waals surface area contributed by atoms with Gasteiger partial charge in [-0.25, -0.2) is 8.42 Å². The van der Waals surface area contributed by atoms with E-state index in [1.54, 1.807) is 23.0 Å². The summed E-state index contributed by atoms with van der Waals surface area (Å²) in [6.45, 7) is 0. The Hall–Kier alpha value is 0.0500. The van der Waals surface area contributed by atoms with E-state index >= 15 is 0 Å². The number of hydrogen-bond acceptors (Lipinski definition) is 3. The zero-order valence-corrected chi connectivity index (χ0v) is 10.3. The molecular weight excluding hydrogens is 324 g/mol. The highest BCUT2D eigenvalue weighted by Gasteiger charge is 2.18. The van der Waals surface area contributed by atoms with Crippen LogP contribution in [0.5, 0.6) is 0 Å². The van der Waals surface area contributed by atoms with Crippen molar-refractivity contribution in [3.63, 3.8) is 0 Å². The molecule has 0 bridgehead atoms. The number of nitrogens with two attached hydrogens (primary N) is 1. The van der Waals surface area contributed by atoms with Gasteiger partial charge in [-0.1, -0.05) is 6.07 Å². The van der Waals surface area contributed by atoms with Crippen molar-refractivity contribution in [2.75, 3.05) is 0 Å². The minimum absolute atomic E-state index is 0.0949. The number of rotatable bonds is 2. The first kappa shape index (κ1) is 11.1. The van der Waals surface area contributed by atoms with Gasteiger partial charge in [-0.15, -0.1) is 4.83 Å². The Morgan fingerprint density at radius 1 is 1.23 bits per heavy atom. The summed E-state index contributed by atoms with van der Waals surface area (Å²) in [7, 11) is -3.63. The maximum absolute atomic E-state index is 11.3. The second-order valence-corrected chi connectivity index (χ2v) is 5.53. The molecule has 0 radical (unpaired) electrons. The topological polar surface area (TPSA) is 72.2 Å². The Bertz CT molecular complexity index is 398. The molecule has 0 aliphatic heterocycles. The van der Waals surface area contributed by atoms with Gasteiger partial charge in [0.2, 0.25) is 0 Å². The molecular formula is C6H6Br2N2O2S. The molecule has 0 atom stereocenters. The number of halogens is 2. The predicted molar refractivity (Wildman–Crippen MR) is 56.4 cm³/mol. The second kappa shape index (κ2) is 4.05. The minimum Gasteiger partial charge on any atom is -0.257 e. The van der Waals surface area contributed by atoms with E-state index in [0.717, 1.165) is 0 Å². The number of hydrogen-bond donors (Lipinski definition) is 2. The van der Waals surface area contributed by atoms with Crippen LogP contribution in [0, 0.1) is 0 Å². The van der Waals surface area contributed by atoms with Gasteiger partial charge in [-0.05, 0) is 44.0 Å². The molecule has 7 heteroatoms. The first-order chi connectivity index (χ1) is 5.99. The molecule has 0 unspecified atom stereocenters. The van der Waals surface area contributed by atoms with Crippen LogP contribution in [0.4, 0.5) is 0 Å². The summed E-state index contributed by atoms with van der Waals surface area (Å²) in [5.74, 6) is 4.90. The van der Waals surface area contributed by atoms with Crippen LogP contribution in [0.2, 0.25) is 0 Å². The first-order valence-electron chi connectivity index (χ1n) is 3.15. The van der Waals surface area contributed by atoms with Crippen LogP contribution in [0.25, 0.3) is 0 Å². The van der Waals surface area contributed by atoms with E-state index in [1.165, 1.54) is 0 Å². The van der Waals surface area contributed by atoms with E-state index in [2.05, 4.69) is 31.9 Å². The van der Waals surface area contributed by atoms with Crippen molar-refractivity contribution in [3.8, 4) is 0 Å². The van der Waals surface area contributed by atoms with Crippen molar-refractivity contribution in [2.45, 2.75) is 4.90 Å². The van der Waals surface area contributed by atoms with Gasteiger partial charge >= 0.3 is 0 Å². The first-order valence-corrected chi connectivity index (χ1v) is 6.22. The van der Waals surface area contributed by atoms with Crippen LogP contribution in [0.3, 0.4) is 0 Å². The minimum atomic E-state index is -3.63. The number of benzene rings is 1. The molecule has 1 rings (SSSR count). The van der Waals surface area contributed by atoms with Crippen LogP contribution < -0.4 is 10.7 Å². The van der Waals surface area contributed by atoms with Crippen molar-refractivity contribution in [3.05, 3.63) is 27.1 Å². The summed E-state index contributed by atoms with van der Waals surface area (Å²) < 4.78 is 23.6. The lowest BCUT2D eigenvalue weighted by Crippen LogP contribution is -2.30. The van der Waals surface area contributed by atoms with Crippen LogP contribution >= 0.6 is 31.9 Å². The highest BCUT2D eigenvalue weighted by atomic mass is 79.9. The lowest BCUT2D eigenvalue weighted by atomic mass is 10.4. The summed E-state index contributed by atoms with van der Waals surface area (Å²) in [6.07, 6.45) is 0. The number of sulfonamides is 1. The molecule has 3 N–H and O–H groups in total. The molecule has 0 saturated heterocycles. The SMILES string of the molecule is NNS(=O)(=O)c1c(Br)cccc1Br. The predicted octanol–water partition coefficient (Wildman–Crippen LogP) is 1.36. The van der Waals surface area contributed by atoms with Crippen molar-refractivity contribution < 1.29 is 8.42 Å². The van der Waals surface area contributed by atoms with Gasteiger partial charge < -0.3 is 0 Å². The molecule has 0 heterocycles. The zero-order valence-electron chi connectivity index (χ0n) is 6.29. The molecule has 0 aliphatic carbocycles. The summed E-state index contributed by atoms with van der Waals surface area (Å²) in [6, 6.07) is 4.95. The van der Waals surface area contributed by atoms with Gasteiger partial charge in [0.25, 0.3) is 10.0 Å². The third-order valence-electron chi connectivity index (χ3n) is 1.34. The standard InChI is InChI=1S/C6H6Br2N2O2S/c7-4-2-1-3-5(8)6(4)13(11,12)10-9/h1-3,10H,9H2. The normalized spacial score (nSPS) is 11.6. The molecule has 0 spiro atoms. The highest BCUT2D eigenvalue weighted by molar-refractivity contribution is 9.11. The fourth-order valence-electron chi connectivity index (χ4n) is 0.798. The molecule has 0 saturated carbocycles. The highest BCUT2D eigenvalue weighted by Crippen LogP contribution is 2.28. The van der Waals surface area contributed by atoms with Crippen molar-refractivity contribution in [1.82, 2.24) is 4.83 Å². The maximum Gasteiger partial charge on any atom is 0.255 e. The quantitative estimate of drug-likeness (QED) is 0.635. The molecule has 0 aromatic heterocycles. The van der Waals surface area contributed by atoms with Crippen molar-refractivity contribution >= 4 is 41.9 Å². The fourth-order valence-corrected chi connectivity index (χ4v) is 3.84. The summed E-state index contributed by atoms with van der Waals surface area (Å²) >= 11 is 6.24. The molecule has 13 heavy (non-hydrogen) atoms. The molecule has 0 aliphatic rings. The van der Waals surface area contributed by atoms with Gasteiger partial charge in [0.05, 0.1) is 0 Å². The summed E-state index contributed by atoms with van der Waals surface area (Å²) in [4.78, 5) is 1.85. The Kier molecular flexibility index (Phi) is 3.47. The average Bonchev–Trinajstić information content (AvgIpc) is 2.03.